The van der Waals surface area contributed by atoms with Crippen LogP contribution in [-0.2, 0) is 9.84 Å². The van der Waals surface area contributed by atoms with E-state index in [9.17, 15) is 13.2 Å². The topological polar surface area (TPSA) is 67.3 Å². The number of nitrogens with zero attached hydrogens (tertiary/aromatic N) is 2. The highest BCUT2D eigenvalue weighted by Crippen LogP contribution is 2.28. The molecule has 0 spiro atoms. The number of carbonyl (C=O) groups is 1. The Kier molecular flexibility index (Phi) is 4.66. The third-order valence-corrected chi connectivity index (χ3v) is 5.79. The maximum atomic E-state index is 12.5. The molecule has 0 bridgehead atoms. The second-order valence-electron chi connectivity index (χ2n) is 5.80. The molecule has 5 nitrogen and oxygen atoms in total. The first-order valence-electron chi connectivity index (χ1n) is 7.20. The summed E-state index contributed by atoms with van der Waals surface area (Å²) in [6.07, 6.45) is 4.47. The molecule has 6 heteroatoms. The second-order valence-corrected chi connectivity index (χ2v) is 8.06. The number of aryl methyl sites for hydroxylation is 1. The Morgan fingerprint density at radius 3 is 2.57 bits per heavy atom. The van der Waals surface area contributed by atoms with Crippen LogP contribution >= 0.6 is 0 Å². The lowest BCUT2D eigenvalue weighted by atomic mass is 9.93. The molecule has 116 valence electrons. The molecule has 1 saturated carbocycles. The minimum atomic E-state index is -3.16. The normalized spacial score (nSPS) is 22.8. The summed E-state index contributed by atoms with van der Waals surface area (Å²) in [5.74, 6) is -0.209. The Morgan fingerprint density at radius 2 is 1.95 bits per heavy atom. The van der Waals surface area contributed by atoms with Crippen molar-refractivity contribution in [3.05, 3.63) is 29.6 Å². The number of hydrogen-bond donors (Lipinski definition) is 0. The Hall–Kier alpha value is -1.43. The monoisotopic (exact) mass is 310 g/mol. The van der Waals surface area contributed by atoms with Gasteiger partial charge in [0, 0.05) is 25.0 Å². The minimum absolute atomic E-state index is 0.209. The van der Waals surface area contributed by atoms with E-state index < -0.39 is 15.1 Å². The van der Waals surface area contributed by atoms with E-state index in [-0.39, 0.29) is 11.9 Å². The van der Waals surface area contributed by atoms with Crippen molar-refractivity contribution >= 4 is 15.7 Å². The van der Waals surface area contributed by atoms with Crippen LogP contribution in [0.25, 0.3) is 0 Å². The second kappa shape index (κ2) is 6.13. The van der Waals surface area contributed by atoms with E-state index >= 15 is 0 Å². The van der Waals surface area contributed by atoms with Gasteiger partial charge in [-0.15, -0.1) is 0 Å². The smallest absolute Gasteiger partial charge is 0.272 e. The van der Waals surface area contributed by atoms with Crippen LogP contribution in [0.4, 0.5) is 0 Å². The Balaban J connectivity index is 2.25. The highest BCUT2D eigenvalue weighted by atomic mass is 32.2. The molecule has 1 amide bonds. The Bertz CT molecular complexity index is 628. The molecule has 21 heavy (non-hydrogen) atoms. The summed E-state index contributed by atoms with van der Waals surface area (Å²) in [6, 6.07) is 5.03. The number of sulfone groups is 1. The molecule has 0 N–H and O–H groups in total. The van der Waals surface area contributed by atoms with Gasteiger partial charge in [0.1, 0.15) is 5.69 Å². The zero-order chi connectivity index (χ0) is 15.6. The van der Waals surface area contributed by atoms with Gasteiger partial charge in [-0.3, -0.25) is 4.79 Å². The van der Waals surface area contributed by atoms with E-state index in [1.807, 2.05) is 13.0 Å². The number of hydrogen-bond acceptors (Lipinski definition) is 4. The number of amides is 1. The van der Waals surface area contributed by atoms with Gasteiger partial charge in [0.2, 0.25) is 0 Å². The first kappa shape index (κ1) is 15.9. The zero-order valence-electron chi connectivity index (χ0n) is 12.7. The standard InChI is InChI=1S/C15H22N2O3S/c1-11-7-6-8-12(16-11)15(18)17(2)13-9-4-5-10-14(13)21(3,19)20/h6-8,13-14H,4-5,9-10H2,1-3H3/t13-,14-/m0/s1. The minimum Gasteiger partial charge on any atom is -0.336 e. The molecule has 0 aliphatic heterocycles. The van der Waals surface area contributed by atoms with Gasteiger partial charge in [-0.05, 0) is 31.9 Å². The predicted molar refractivity (Wildman–Crippen MR) is 82.0 cm³/mol. The third-order valence-electron chi connectivity index (χ3n) is 4.14. The third kappa shape index (κ3) is 3.61. The average Bonchev–Trinajstić information content (AvgIpc) is 2.45. The molecule has 2 rings (SSSR count). The summed E-state index contributed by atoms with van der Waals surface area (Å²) >= 11 is 0. The number of pyridine rings is 1. The van der Waals surface area contributed by atoms with E-state index in [0.29, 0.717) is 12.1 Å². The van der Waals surface area contributed by atoms with Gasteiger partial charge in [0.15, 0.2) is 9.84 Å². The fraction of sp³-hybridized carbons (Fsp3) is 0.600. The van der Waals surface area contributed by atoms with Crippen molar-refractivity contribution in [1.82, 2.24) is 9.88 Å². The van der Waals surface area contributed by atoms with E-state index in [1.165, 1.54) is 6.26 Å². The van der Waals surface area contributed by atoms with Crippen LogP contribution in [0.15, 0.2) is 18.2 Å². The van der Waals surface area contributed by atoms with Crippen LogP contribution in [0.3, 0.4) is 0 Å². The molecule has 2 atom stereocenters. The number of aromatic nitrogens is 1. The lowest BCUT2D eigenvalue weighted by molar-refractivity contribution is 0.0694. The molecule has 1 aliphatic rings. The van der Waals surface area contributed by atoms with E-state index in [2.05, 4.69) is 4.98 Å². The quantitative estimate of drug-likeness (QED) is 0.854. The van der Waals surface area contributed by atoms with Gasteiger partial charge >= 0.3 is 0 Å². The average molecular weight is 310 g/mol. The molecule has 0 unspecified atom stereocenters. The Morgan fingerprint density at radius 1 is 1.29 bits per heavy atom. The van der Waals surface area contributed by atoms with Gasteiger partial charge in [-0.25, -0.2) is 13.4 Å². The highest BCUT2D eigenvalue weighted by Gasteiger charge is 2.37. The molecular formula is C15H22N2O3S. The van der Waals surface area contributed by atoms with E-state index in [0.717, 1.165) is 25.0 Å². The van der Waals surface area contributed by atoms with Crippen LogP contribution in [0, 0.1) is 6.92 Å². The molecule has 0 radical (unpaired) electrons. The van der Waals surface area contributed by atoms with Crippen molar-refractivity contribution in [3.63, 3.8) is 0 Å². The molecular weight excluding hydrogens is 288 g/mol. The fourth-order valence-electron chi connectivity index (χ4n) is 3.01. The fourth-order valence-corrected chi connectivity index (χ4v) is 4.50. The van der Waals surface area contributed by atoms with Crippen molar-refractivity contribution in [2.45, 2.75) is 43.9 Å². The molecule has 0 saturated heterocycles. The summed E-state index contributed by atoms with van der Waals surface area (Å²) in [6.45, 7) is 1.83. The lowest BCUT2D eigenvalue weighted by Gasteiger charge is -2.36. The van der Waals surface area contributed by atoms with Gasteiger partial charge in [-0.2, -0.15) is 0 Å². The molecule has 1 aliphatic carbocycles. The summed E-state index contributed by atoms with van der Waals surface area (Å²) < 4.78 is 23.9. The maximum Gasteiger partial charge on any atom is 0.272 e. The molecule has 1 aromatic rings. The van der Waals surface area contributed by atoms with Gasteiger partial charge in [-0.1, -0.05) is 18.9 Å². The van der Waals surface area contributed by atoms with Crippen LogP contribution < -0.4 is 0 Å². The summed E-state index contributed by atoms with van der Waals surface area (Å²) in [5.41, 5.74) is 1.15. The van der Waals surface area contributed by atoms with Crippen LogP contribution in [0.5, 0.6) is 0 Å². The summed E-state index contributed by atoms with van der Waals surface area (Å²) in [4.78, 5) is 18.3. The zero-order valence-corrected chi connectivity index (χ0v) is 13.6. The molecule has 1 aromatic heterocycles. The van der Waals surface area contributed by atoms with E-state index in [4.69, 9.17) is 0 Å². The van der Waals surface area contributed by atoms with Crippen molar-refractivity contribution in [2.75, 3.05) is 13.3 Å². The van der Waals surface area contributed by atoms with Gasteiger partial charge in [0.25, 0.3) is 5.91 Å². The van der Waals surface area contributed by atoms with Crippen molar-refractivity contribution in [1.29, 1.82) is 0 Å². The largest absolute Gasteiger partial charge is 0.336 e. The van der Waals surface area contributed by atoms with Crippen molar-refractivity contribution < 1.29 is 13.2 Å². The van der Waals surface area contributed by atoms with Crippen molar-refractivity contribution in [2.24, 2.45) is 0 Å². The summed E-state index contributed by atoms with van der Waals surface area (Å²) in [5, 5.41) is -0.468. The maximum absolute atomic E-state index is 12.5. The molecule has 0 aromatic carbocycles. The van der Waals surface area contributed by atoms with Gasteiger partial charge in [0.05, 0.1) is 5.25 Å². The SMILES string of the molecule is Cc1cccc(C(=O)N(C)[C@H]2CCCC[C@@H]2S(C)(=O)=O)n1. The van der Waals surface area contributed by atoms with E-state index in [1.54, 1.807) is 24.1 Å². The van der Waals surface area contributed by atoms with Gasteiger partial charge < -0.3 is 4.90 Å². The first-order valence-corrected chi connectivity index (χ1v) is 9.16. The number of carbonyl (C=O) groups excluding carboxylic acids is 1. The Labute approximate surface area is 126 Å². The lowest BCUT2D eigenvalue weighted by Crippen LogP contribution is -2.49. The van der Waals surface area contributed by atoms with Crippen LogP contribution in [-0.4, -0.2) is 48.8 Å². The van der Waals surface area contributed by atoms with Crippen LogP contribution in [0.1, 0.15) is 41.9 Å². The van der Waals surface area contributed by atoms with Crippen LogP contribution in [0.2, 0.25) is 0 Å². The molecule has 1 fully saturated rings. The van der Waals surface area contributed by atoms with Crippen molar-refractivity contribution in [3.8, 4) is 0 Å². The number of rotatable bonds is 3. The summed E-state index contributed by atoms with van der Waals surface area (Å²) in [7, 11) is -1.48. The predicted octanol–water partition coefficient (Wildman–Crippen LogP) is 1.82. The first-order chi connectivity index (χ1) is 9.80. The molecule has 1 heterocycles. The highest BCUT2D eigenvalue weighted by molar-refractivity contribution is 7.91.